The van der Waals surface area contributed by atoms with Crippen LogP contribution in [-0.2, 0) is 65.4 Å². The van der Waals surface area contributed by atoms with Gasteiger partial charge in [0.15, 0.2) is 12.2 Å². The topological polar surface area (TPSA) is 237 Å². The van der Waals surface area contributed by atoms with Gasteiger partial charge in [-0.15, -0.1) is 0 Å². The number of carbonyl (C=O) groups excluding carboxylic acids is 4. The minimum atomic E-state index is -4.98. The number of aliphatic hydroxyl groups excluding tert-OH is 1. The molecular weight excluding hydrogens is 1280 g/mol. The number of allylic oxidation sites excluding steroid dienone is 14. The standard InChI is InChI=1S/C79H140O17P2/c1-5-9-13-17-21-25-29-32-34-35-36-37-39-42-45-48-52-56-60-64-77(82)90-70-75(96-79(84)66-62-58-54-50-46-40-31-27-23-19-15-11-7-3)72-94-98(87,88)92-68-73(80)67-91-97(85,86)93-71-74(95-78(83)65-61-57-53-49-43-28-24-20-16-12-8-4)69-89-76(81)63-59-55-51-47-44-41-38-33-30-26-22-18-14-10-6-2/h9,13,20-21,24-25,32-34,36-38,42,45,73-75,80H,5-8,10-12,14-19,22-23,26-31,35,39-41,43-44,46-72H2,1-4H3,(H,85,86)(H,87,88)/b13-9-,24-20-,25-21-,34-32-,37-36-,38-33-,45-42-. The van der Waals surface area contributed by atoms with Crippen molar-refractivity contribution in [2.24, 2.45) is 0 Å². The zero-order chi connectivity index (χ0) is 71.8. The average molecular weight is 1420 g/mol. The molecule has 0 aromatic heterocycles. The van der Waals surface area contributed by atoms with E-state index in [1.807, 2.05) is 0 Å². The van der Waals surface area contributed by atoms with Crippen LogP contribution in [0.4, 0.5) is 0 Å². The minimum absolute atomic E-state index is 0.0846. The normalized spacial score (nSPS) is 14.4. The summed E-state index contributed by atoms with van der Waals surface area (Å²) in [5, 5.41) is 10.6. The van der Waals surface area contributed by atoms with Crippen molar-refractivity contribution >= 4 is 39.5 Å². The summed E-state index contributed by atoms with van der Waals surface area (Å²) in [6.45, 7) is 4.69. The summed E-state index contributed by atoms with van der Waals surface area (Å²) in [6.07, 6.45) is 72.9. The maximum Gasteiger partial charge on any atom is 0.472 e. The number of hydrogen-bond acceptors (Lipinski definition) is 15. The summed E-state index contributed by atoms with van der Waals surface area (Å²) in [5.41, 5.74) is 0. The molecule has 0 heterocycles. The number of rotatable bonds is 73. The summed E-state index contributed by atoms with van der Waals surface area (Å²) in [4.78, 5) is 72.8. The highest BCUT2D eigenvalue weighted by Gasteiger charge is 2.30. The van der Waals surface area contributed by atoms with Crippen molar-refractivity contribution in [3.8, 4) is 0 Å². The molecule has 0 radical (unpaired) electrons. The van der Waals surface area contributed by atoms with Crippen LogP contribution in [0.5, 0.6) is 0 Å². The van der Waals surface area contributed by atoms with Crippen LogP contribution in [0.3, 0.4) is 0 Å². The molecule has 17 nitrogen and oxygen atoms in total. The molecule has 568 valence electrons. The molecule has 0 aliphatic heterocycles. The predicted octanol–water partition coefficient (Wildman–Crippen LogP) is 22.2. The number of ether oxygens (including phenoxy) is 4. The first-order valence-corrected chi connectivity index (χ1v) is 41.8. The number of phosphoric ester groups is 2. The zero-order valence-corrected chi connectivity index (χ0v) is 63.7. The van der Waals surface area contributed by atoms with Crippen molar-refractivity contribution in [2.45, 2.75) is 354 Å². The van der Waals surface area contributed by atoms with E-state index in [9.17, 15) is 43.2 Å². The molecule has 5 unspecified atom stereocenters. The largest absolute Gasteiger partial charge is 0.472 e. The molecular formula is C79H140O17P2. The molecule has 0 amide bonds. The lowest BCUT2D eigenvalue weighted by Crippen LogP contribution is -2.30. The van der Waals surface area contributed by atoms with Gasteiger partial charge in [-0.05, 0) is 116 Å². The summed E-state index contributed by atoms with van der Waals surface area (Å²) in [5.74, 6) is -2.21. The molecule has 0 aliphatic carbocycles. The van der Waals surface area contributed by atoms with Crippen LogP contribution in [0.2, 0.25) is 0 Å². The Balaban J connectivity index is 5.33. The fourth-order valence-corrected chi connectivity index (χ4v) is 12.0. The Hall–Kier alpha value is -3.76. The maximum absolute atomic E-state index is 13.1. The number of unbranched alkanes of at least 4 members (excludes halogenated alkanes) is 33. The monoisotopic (exact) mass is 1420 g/mol. The summed E-state index contributed by atoms with van der Waals surface area (Å²) in [7, 11) is -9.95. The molecule has 0 rings (SSSR count). The first kappa shape index (κ1) is 94.2. The fourth-order valence-electron chi connectivity index (χ4n) is 10.4. The lowest BCUT2D eigenvalue weighted by atomic mass is 10.0. The lowest BCUT2D eigenvalue weighted by Gasteiger charge is -2.21. The summed E-state index contributed by atoms with van der Waals surface area (Å²) >= 11 is 0. The number of carbonyl (C=O) groups is 4. The van der Waals surface area contributed by atoms with Gasteiger partial charge in [0, 0.05) is 25.7 Å². The van der Waals surface area contributed by atoms with Crippen molar-refractivity contribution < 1.29 is 80.2 Å². The second-order valence-corrected chi connectivity index (χ2v) is 28.8. The van der Waals surface area contributed by atoms with Crippen LogP contribution in [-0.4, -0.2) is 96.7 Å². The van der Waals surface area contributed by atoms with E-state index in [1.165, 1.54) is 103 Å². The molecule has 3 N–H and O–H groups in total. The highest BCUT2D eigenvalue weighted by molar-refractivity contribution is 7.47. The Kier molecular flexibility index (Phi) is 68.9. The van der Waals surface area contributed by atoms with Gasteiger partial charge in [-0.3, -0.25) is 37.3 Å². The third-order valence-electron chi connectivity index (χ3n) is 16.3. The lowest BCUT2D eigenvalue weighted by molar-refractivity contribution is -0.161. The van der Waals surface area contributed by atoms with E-state index in [-0.39, 0.29) is 25.7 Å². The highest BCUT2D eigenvalue weighted by atomic mass is 31.2. The van der Waals surface area contributed by atoms with Gasteiger partial charge in [-0.2, -0.15) is 0 Å². The first-order chi connectivity index (χ1) is 47.7. The molecule has 0 aromatic rings. The SMILES string of the molecule is CC/C=C\C/C=C\C/C=C\C/C=C\C/C=C\CCCCCC(=O)OCC(COP(=O)(O)OCC(O)COP(=O)(O)OCC(COC(=O)CCCCCCC/C=C\CCCCCCCC)OC(=O)CCCCCCC/C=C\CCCC)OC(=O)CCCCCCCCCCCCCCC. The number of esters is 4. The van der Waals surface area contributed by atoms with Crippen LogP contribution in [0.25, 0.3) is 0 Å². The molecule has 98 heavy (non-hydrogen) atoms. The molecule has 0 saturated heterocycles. The second kappa shape index (κ2) is 71.6. The van der Waals surface area contributed by atoms with Crippen molar-refractivity contribution in [2.75, 3.05) is 39.6 Å². The third-order valence-corrected chi connectivity index (χ3v) is 18.2. The smallest absolute Gasteiger partial charge is 0.462 e. The van der Waals surface area contributed by atoms with Crippen LogP contribution in [0.15, 0.2) is 85.1 Å². The molecule has 0 aromatic carbocycles. The van der Waals surface area contributed by atoms with Gasteiger partial charge in [-0.25, -0.2) is 9.13 Å². The number of phosphoric acid groups is 2. The average Bonchev–Trinajstić information content (AvgIpc) is 0.972. The summed E-state index contributed by atoms with van der Waals surface area (Å²) in [6, 6.07) is 0. The Labute approximate surface area is 595 Å². The van der Waals surface area contributed by atoms with E-state index in [0.29, 0.717) is 25.7 Å². The van der Waals surface area contributed by atoms with E-state index in [4.69, 9.17) is 37.0 Å². The Morgan fingerprint density at radius 3 is 0.867 bits per heavy atom. The van der Waals surface area contributed by atoms with Crippen LogP contribution in [0.1, 0.15) is 336 Å². The van der Waals surface area contributed by atoms with Gasteiger partial charge in [0.2, 0.25) is 0 Å². The molecule has 5 atom stereocenters. The minimum Gasteiger partial charge on any atom is -0.462 e. The van der Waals surface area contributed by atoms with E-state index in [1.54, 1.807) is 0 Å². The predicted molar refractivity (Wildman–Crippen MR) is 399 cm³/mol. The van der Waals surface area contributed by atoms with Gasteiger partial charge in [0.25, 0.3) is 0 Å². The van der Waals surface area contributed by atoms with Crippen LogP contribution in [0, 0.1) is 0 Å². The zero-order valence-electron chi connectivity index (χ0n) is 62.0. The first-order valence-electron chi connectivity index (χ1n) is 38.8. The molecule has 0 saturated carbocycles. The van der Waals surface area contributed by atoms with E-state index >= 15 is 0 Å². The Bertz CT molecular complexity index is 2190. The molecule has 19 heteroatoms. The summed E-state index contributed by atoms with van der Waals surface area (Å²) < 4.78 is 68.4. The maximum atomic E-state index is 13.1. The Morgan fingerprint density at radius 1 is 0.296 bits per heavy atom. The fraction of sp³-hybridized carbons (Fsp3) is 0.772. The molecule has 0 aliphatic rings. The van der Waals surface area contributed by atoms with E-state index < -0.39 is 97.5 Å². The number of hydrogen-bond donors (Lipinski definition) is 3. The van der Waals surface area contributed by atoms with Crippen molar-refractivity contribution in [3.63, 3.8) is 0 Å². The van der Waals surface area contributed by atoms with Gasteiger partial charge in [0.05, 0.1) is 26.4 Å². The second-order valence-electron chi connectivity index (χ2n) is 25.9. The number of aliphatic hydroxyl groups is 1. The van der Waals surface area contributed by atoms with Gasteiger partial charge < -0.3 is 33.8 Å². The molecule has 0 fully saturated rings. The molecule has 0 bridgehead atoms. The van der Waals surface area contributed by atoms with Crippen molar-refractivity contribution in [1.82, 2.24) is 0 Å². The Morgan fingerprint density at radius 2 is 0.541 bits per heavy atom. The van der Waals surface area contributed by atoms with Gasteiger partial charge in [-0.1, -0.05) is 280 Å². The van der Waals surface area contributed by atoms with Crippen molar-refractivity contribution in [1.29, 1.82) is 0 Å². The molecule has 0 spiro atoms. The highest BCUT2D eigenvalue weighted by Crippen LogP contribution is 2.45. The quantitative estimate of drug-likeness (QED) is 0.0169. The van der Waals surface area contributed by atoms with Gasteiger partial charge in [0.1, 0.15) is 19.3 Å². The van der Waals surface area contributed by atoms with Gasteiger partial charge >= 0.3 is 39.5 Å². The van der Waals surface area contributed by atoms with Crippen LogP contribution < -0.4 is 0 Å². The van der Waals surface area contributed by atoms with E-state index in [2.05, 4.69) is 113 Å². The third kappa shape index (κ3) is 70.7. The van der Waals surface area contributed by atoms with E-state index in [0.717, 1.165) is 154 Å². The van der Waals surface area contributed by atoms with Crippen LogP contribution >= 0.6 is 15.6 Å². The van der Waals surface area contributed by atoms with Crippen molar-refractivity contribution in [3.05, 3.63) is 85.1 Å².